The highest BCUT2D eigenvalue weighted by atomic mass is 16.6. The molecule has 0 bridgehead atoms. The number of hydrogen-bond donors (Lipinski definition) is 1. The van der Waals surface area contributed by atoms with Gasteiger partial charge in [-0.15, -0.1) is 0 Å². The Morgan fingerprint density at radius 3 is 2.42 bits per heavy atom. The summed E-state index contributed by atoms with van der Waals surface area (Å²) in [7, 11) is 1.53. The van der Waals surface area contributed by atoms with Crippen molar-refractivity contribution in [2.75, 3.05) is 7.11 Å². The van der Waals surface area contributed by atoms with Gasteiger partial charge in [-0.25, -0.2) is 0 Å². The molecule has 0 aliphatic rings. The molecule has 3 nitrogen and oxygen atoms in total. The SMILES string of the molecule is CON=C(c1cccc(C)c1)c1ccc(O)c(C)c1. The molecule has 3 heteroatoms. The highest BCUT2D eigenvalue weighted by Crippen LogP contribution is 2.20. The number of phenolic OH excluding ortho intramolecular Hbond substituents is 1. The molecule has 2 aromatic carbocycles. The molecule has 0 aliphatic carbocycles. The average Bonchev–Trinajstić information content (AvgIpc) is 2.39. The quantitative estimate of drug-likeness (QED) is 0.674. The topological polar surface area (TPSA) is 41.8 Å². The van der Waals surface area contributed by atoms with Crippen molar-refractivity contribution in [2.24, 2.45) is 5.16 Å². The summed E-state index contributed by atoms with van der Waals surface area (Å²) in [6.45, 7) is 3.90. The number of aromatic hydroxyl groups is 1. The van der Waals surface area contributed by atoms with Gasteiger partial charge >= 0.3 is 0 Å². The molecule has 2 aromatic rings. The zero-order valence-corrected chi connectivity index (χ0v) is 11.3. The van der Waals surface area contributed by atoms with E-state index in [2.05, 4.69) is 11.2 Å². The summed E-state index contributed by atoms with van der Waals surface area (Å²) in [5.74, 6) is 0.282. The van der Waals surface area contributed by atoms with Crippen molar-refractivity contribution in [3.8, 4) is 5.75 Å². The Balaban J connectivity index is 2.52. The minimum Gasteiger partial charge on any atom is -0.508 e. The van der Waals surface area contributed by atoms with Crippen molar-refractivity contribution in [1.82, 2.24) is 0 Å². The lowest BCUT2D eigenvalue weighted by Crippen LogP contribution is -2.04. The van der Waals surface area contributed by atoms with Gasteiger partial charge in [-0.3, -0.25) is 0 Å². The Labute approximate surface area is 113 Å². The first kappa shape index (κ1) is 13.1. The van der Waals surface area contributed by atoms with Crippen LogP contribution < -0.4 is 0 Å². The number of benzene rings is 2. The highest BCUT2D eigenvalue weighted by molar-refractivity contribution is 6.12. The summed E-state index contributed by atoms with van der Waals surface area (Å²) in [4.78, 5) is 4.95. The van der Waals surface area contributed by atoms with Crippen LogP contribution >= 0.6 is 0 Å². The van der Waals surface area contributed by atoms with Crippen LogP contribution in [0.5, 0.6) is 5.75 Å². The monoisotopic (exact) mass is 255 g/mol. The molecule has 0 radical (unpaired) electrons. The van der Waals surface area contributed by atoms with E-state index in [1.165, 1.54) is 7.11 Å². The van der Waals surface area contributed by atoms with Crippen molar-refractivity contribution in [2.45, 2.75) is 13.8 Å². The second-order valence-corrected chi connectivity index (χ2v) is 4.49. The first-order chi connectivity index (χ1) is 9.11. The maximum atomic E-state index is 9.60. The standard InChI is InChI=1S/C16H17NO2/c1-11-5-4-6-13(9-11)16(17-19-3)14-7-8-15(18)12(2)10-14/h4-10,18H,1-3H3. The van der Waals surface area contributed by atoms with Gasteiger partial charge in [0.25, 0.3) is 0 Å². The first-order valence-electron chi connectivity index (χ1n) is 6.10. The van der Waals surface area contributed by atoms with E-state index in [9.17, 15) is 5.11 Å². The van der Waals surface area contributed by atoms with Gasteiger partial charge < -0.3 is 9.94 Å². The lowest BCUT2D eigenvalue weighted by Gasteiger charge is -2.09. The molecule has 2 rings (SSSR count). The zero-order valence-electron chi connectivity index (χ0n) is 11.3. The van der Waals surface area contributed by atoms with Crippen molar-refractivity contribution < 1.29 is 9.94 Å². The van der Waals surface area contributed by atoms with Gasteiger partial charge in [-0.1, -0.05) is 28.9 Å². The molecule has 0 unspecified atom stereocenters. The van der Waals surface area contributed by atoms with Crippen molar-refractivity contribution in [1.29, 1.82) is 0 Å². The van der Waals surface area contributed by atoms with Gasteiger partial charge in [0.2, 0.25) is 0 Å². The molecule has 0 fully saturated rings. The van der Waals surface area contributed by atoms with Crippen LogP contribution in [-0.4, -0.2) is 17.9 Å². The number of phenols is 1. The number of aryl methyl sites for hydroxylation is 2. The van der Waals surface area contributed by atoms with Gasteiger partial charge in [0.05, 0.1) is 0 Å². The summed E-state index contributed by atoms with van der Waals surface area (Å²) >= 11 is 0. The van der Waals surface area contributed by atoms with Crippen molar-refractivity contribution >= 4 is 5.71 Å². The Bertz CT molecular complexity index is 618. The minimum absolute atomic E-state index is 0.282. The van der Waals surface area contributed by atoms with E-state index in [1.54, 1.807) is 6.07 Å². The van der Waals surface area contributed by atoms with Gasteiger partial charge in [-0.05, 0) is 43.7 Å². The predicted octanol–water partition coefficient (Wildman–Crippen LogP) is 3.41. The number of hydrogen-bond acceptors (Lipinski definition) is 3. The Hall–Kier alpha value is -2.29. The van der Waals surface area contributed by atoms with Crippen LogP contribution in [0.1, 0.15) is 22.3 Å². The van der Waals surface area contributed by atoms with Gasteiger partial charge in [0.15, 0.2) is 0 Å². The Kier molecular flexibility index (Phi) is 3.85. The molecule has 98 valence electrons. The van der Waals surface area contributed by atoms with E-state index in [4.69, 9.17) is 4.84 Å². The molecule has 1 N–H and O–H groups in total. The van der Waals surface area contributed by atoms with Gasteiger partial charge in [-0.2, -0.15) is 0 Å². The van der Waals surface area contributed by atoms with Gasteiger partial charge in [0, 0.05) is 11.1 Å². The maximum Gasteiger partial charge on any atom is 0.118 e. The maximum absolute atomic E-state index is 9.60. The molecule has 0 amide bonds. The lowest BCUT2D eigenvalue weighted by atomic mass is 9.99. The fourth-order valence-corrected chi connectivity index (χ4v) is 1.96. The molecular formula is C16H17NO2. The van der Waals surface area contributed by atoms with Crippen LogP contribution in [0.15, 0.2) is 47.6 Å². The van der Waals surface area contributed by atoms with E-state index in [0.717, 1.165) is 28.0 Å². The predicted molar refractivity (Wildman–Crippen MR) is 76.7 cm³/mol. The summed E-state index contributed by atoms with van der Waals surface area (Å²) in [6.07, 6.45) is 0. The number of oxime groups is 1. The summed E-state index contributed by atoms with van der Waals surface area (Å²) < 4.78 is 0. The normalized spacial score (nSPS) is 11.4. The molecule has 0 spiro atoms. The third kappa shape index (κ3) is 2.94. The average molecular weight is 255 g/mol. The van der Waals surface area contributed by atoms with Gasteiger partial charge in [0.1, 0.15) is 18.6 Å². The molecule has 19 heavy (non-hydrogen) atoms. The van der Waals surface area contributed by atoms with E-state index in [-0.39, 0.29) is 5.75 Å². The molecular weight excluding hydrogens is 238 g/mol. The van der Waals surface area contributed by atoms with Crippen molar-refractivity contribution in [3.05, 3.63) is 64.7 Å². The highest BCUT2D eigenvalue weighted by Gasteiger charge is 2.09. The molecule has 0 saturated heterocycles. The van der Waals surface area contributed by atoms with E-state index in [0.29, 0.717) is 0 Å². The minimum atomic E-state index is 0.282. The van der Waals surface area contributed by atoms with Crippen LogP contribution in [0.2, 0.25) is 0 Å². The van der Waals surface area contributed by atoms with E-state index in [1.807, 2.05) is 44.2 Å². The molecule has 0 aliphatic heterocycles. The summed E-state index contributed by atoms with van der Waals surface area (Å²) in [6, 6.07) is 13.5. The molecule has 0 saturated carbocycles. The molecule has 0 aromatic heterocycles. The molecule has 0 heterocycles. The van der Waals surface area contributed by atoms with Crippen LogP contribution in [0.3, 0.4) is 0 Å². The molecule has 0 atom stereocenters. The fourth-order valence-electron chi connectivity index (χ4n) is 1.96. The van der Waals surface area contributed by atoms with Crippen LogP contribution in [-0.2, 0) is 4.84 Å². The third-order valence-corrected chi connectivity index (χ3v) is 2.94. The number of rotatable bonds is 3. The smallest absolute Gasteiger partial charge is 0.118 e. The largest absolute Gasteiger partial charge is 0.508 e. The summed E-state index contributed by atoms with van der Waals surface area (Å²) in [5, 5.41) is 13.7. The van der Waals surface area contributed by atoms with Crippen LogP contribution in [0.4, 0.5) is 0 Å². The second-order valence-electron chi connectivity index (χ2n) is 4.49. The van der Waals surface area contributed by atoms with Crippen molar-refractivity contribution in [3.63, 3.8) is 0 Å². The Morgan fingerprint density at radius 1 is 1.05 bits per heavy atom. The van der Waals surface area contributed by atoms with E-state index < -0.39 is 0 Å². The fraction of sp³-hybridized carbons (Fsp3) is 0.188. The van der Waals surface area contributed by atoms with Crippen LogP contribution in [0.25, 0.3) is 0 Å². The van der Waals surface area contributed by atoms with Crippen LogP contribution in [0, 0.1) is 13.8 Å². The lowest BCUT2D eigenvalue weighted by molar-refractivity contribution is 0.214. The van der Waals surface area contributed by atoms with E-state index >= 15 is 0 Å². The first-order valence-corrected chi connectivity index (χ1v) is 6.10. The Morgan fingerprint density at radius 2 is 1.79 bits per heavy atom. The summed E-state index contributed by atoms with van der Waals surface area (Å²) in [5.41, 5.74) is 4.65. The number of nitrogens with zero attached hydrogens (tertiary/aromatic N) is 1. The zero-order chi connectivity index (χ0) is 13.8. The second kappa shape index (κ2) is 5.57. The third-order valence-electron chi connectivity index (χ3n) is 2.94.